The van der Waals surface area contributed by atoms with Crippen molar-refractivity contribution in [2.24, 2.45) is 11.8 Å². The zero-order valence-electron chi connectivity index (χ0n) is 14.1. The molecule has 4 aliphatic heterocycles. The number of carbonyl (C=O) groups is 3. The molecule has 0 unspecified atom stereocenters. The lowest BCUT2D eigenvalue weighted by atomic mass is 9.77. The van der Waals surface area contributed by atoms with E-state index in [1.165, 1.54) is 0 Å². The van der Waals surface area contributed by atoms with Crippen LogP contribution in [0.15, 0.2) is 12.2 Å². The predicted octanol–water partition coefficient (Wildman–Crippen LogP) is -0.861. The molecule has 0 N–H and O–H groups in total. The summed E-state index contributed by atoms with van der Waals surface area (Å²) >= 11 is 0. The number of hydrogen-bond donors (Lipinski definition) is 0. The van der Waals surface area contributed by atoms with E-state index in [9.17, 15) is 19.5 Å². The first-order valence-electron chi connectivity index (χ1n) is 8.77. The maximum Gasteiger partial charge on any atom is 0.409 e. The quantitative estimate of drug-likeness (QED) is 0.615. The molecule has 2 amide bonds. The number of likely N-dealkylation sites (tertiary alicyclic amines) is 2. The maximum atomic E-state index is 12.9. The molecule has 8 heteroatoms. The van der Waals surface area contributed by atoms with Gasteiger partial charge in [0.1, 0.15) is 5.60 Å². The first-order valence-corrected chi connectivity index (χ1v) is 8.77. The average Bonchev–Trinajstić information content (AvgIpc) is 3.23. The van der Waals surface area contributed by atoms with Gasteiger partial charge in [-0.05, 0) is 19.8 Å². The lowest BCUT2D eigenvalue weighted by molar-refractivity contribution is -0.313. The number of carboxylic acids is 1. The molecule has 136 valence electrons. The van der Waals surface area contributed by atoms with E-state index >= 15 is 0 Å². The Bertz CT molecular complexity index is 641. The standard InChI is InChI=1S/C17H22N2O6/c1-2-24-16(23)18-7-4-10(5-8-18)19-9-17-6-3-11(25-17)12(15(21)22)13(17)14(19)20/h3,6,10-13H,2,4-5,7-9H2,1H3,(H,21,22)/p-1/t11-,12-,13+,17+/m0/s1. The van der Waals surface area contributed by atoms with E-state index in [0.717, 1.165) is 0 Å². The number of amides is 2. The summed E-state index contributed by atoms with van der Waals surface area (Å²) in [6.07, 6.45) is 3.98. The Hall–Kier alpha value is -2.09. The second kappa shape index (κ2) is 5.72. The summed E-state index contributed by atoms with van der Waals surface area (Å²) in [5.74, 6) is -3.01. The van der Waals surface area contributed by atoms with E-state index in [2.05, 4.69) is 0 Å². The highest BCUT2D eigenvalue weighted by molar-refractivity contribution is 5.90. The van der Waals surface area contributed by atoms with Crippen LogP contribution in [0.25, 0.3) is 0 Å². The molecule has 0 aromatic carbocycles. The Labute approximate surface area is 145 Å². The van der Waals surface area contributed by atoms with Crippen molar-refractivity contribution in [3.05, 3.63) is 12.2 Å². The van der Waals surface area contributed by atoms with Crippen LogP contribution in [0.3, 0.4) is 0 Å². The number of fused-ring (bicyclic) bond motifs is 1. The number of ether oxygens (including phenoxy) is 2. The predicted molar refractivity (Wildman–Crippen MR) is 82.1 cm³/mol. The van der Waals surface area contributed by atoms with E-state index in [-0.39, 0.29) is 18.0 Å². The van der Waals surface area contributed by atoms with E-state index in [1.807, 2.05) is 6.08 Å². The minimum absolute atomic E-state index is 0.0170. The van der Waals surface area contributed by atoms with Gasteiger partial charge in [-0.3, -0.25) is 4.79 Å². The zero-order chi connectivity index (χ0) is 17.8. The summed E-state index contributed by atoms with van der Waals surface area (Å²) in [7, 11) is 0. The Kier molecular flexibility index (Phi) is 3.75. The number of nitrogens with zero attached hydrogens (tertiary/aromatic N) is 2. The molecule has 2 bridgehead atoms. The zero-order valence-corrected chi connectivity index (χ0v) is 14.1. The SMILES string of the molecule is CCOC(=O)N1CCC(N2C[C@@]34C=C[C@H](O3)[C@H](C(=O)[O-])[C@@H]4C2=O)CC1. The van der Waals surface area contributed by atoms with Crippen molar-refractivity contribution in [2.75, 3.05) is 26.2 Å². The third-order valence-corrected chi connectivity index (χ3v) is 5.83. The molecule has 4 rings (SSSR count). The molecule has 1 spiro atoms. The largest absolute Gasteiger partial charge is 0.550 e. The molecule has 0 aromatic rings. The molecule has 4 heterocycles. The van der Waals surface area contributed by atoms with E-state index < -0.39 is 29.5 Å². The maximum absolute atomic E-state index is 12.9. The van der Waals surface area contributed by atoms with Crippen LogP contribution in [0, 0.1) is 11.8 Å². The molecule has 3 saturated heterocycles. The highest BCUT2D eigenvalue weighted by Gasteiger charge is 2.66. The van der Waals surface area contributed by atoms with Gasteiger partial charge in [-0.1, -0.05) is 12.2 Å². The fourth-order valence-electron chi connectivity index (χ4n) is 4.68. The van der Waals surface area contributed by atoms with Gasteiger partial charge in [0.25, 0.3) is 0 Å². The molecular formula is C17H21N2O6-. The van der Waals surface area contributed by atoms with Crippen LogP contribution < -0.4 is 5.11 Å². The Morgan fingerprint density at radius 3 is 2.76 bits per heavy atom. The van der Waals surface area contributed by atoms with Gasteiger partial charge >= 0.3 is 6.09 Å². The van der Waals surface area contributed by atoms with Crippen LogP contribution in [0.1, 0.15) is 19.8 Å². The van der Waals surface area contributed by atoms with Crippen LogP contribution in [0.5, 0.6) is 0 Å². The van der Waals surface area contributed by atoms with Crippen LogP contribution in [0.2, 0.25) is 0 Å². The molecular weight excluding hydrogens is 328 g/mol. The lowest BCUT2D eigenvalue weighted by Crippen LogP contribution is -2.49. The molecule has 0 radical (unpaired) electrons. The van der Waals surface area contributed by atoms with Crippen molar-refractivity contribution < 1.29 is 29.0 Å². The summed E-state index contributed by atoms with van der Waals surface area (Å²) < 4.78 is 10.9. The summed E-state index contributed by atoms with van der Waals surface area (Å²) in [5, 5.41) is 11.5. The van der Waals surface area contributed by atoms with E-state index in [0.29, 0.717) is 39.1 Å². The number of carboxylic acid groups (broad SMARTS) is 1. The summed E-state index contributed by atoms with van der Waals surface area (Å²) in [6.45, 7) is 3.52. The number of aliphatic carboxylic acids is 1. The van der Waals surface area contributed by atoms with Gasteiger partial charge in [0, 0.05) is 31.0 Å². The minimum atomic E-state index is -1.23. The summed E-state index contributed by atoms with van der Waals surface area (Å²) in [4.78, 5) is 39.6. The average molecular weight is 349 g/mol. The fourth-order valence-corrected chi connectivity index (χ4v) is 4.68. The minimum Gasteiger partial charge on any atom is -0.550 e. The van der Waals surface area contributed by atoms with Crippen molar-refractivity contribution in [3.63, 3.8) is 0 Å². The number of piperidine rings is 1. The molecule has 0 saturated carbocycles. The van der Waals surface area contributed by atoms with Gasteiger partial charge in [-0.2, -0.15) is 0 Å². The van der Waals surface area contributed by atoms with Gasteiger partial charge in [-0.15, -0.1) is 0 Å². The number of rotatable bonds is 3. The first kappa shape index (κ1) is 16.4. The van der Waals surface area contributed by atoms with Crippen molar-refractivity contribution in [3.8, 4) is 0 Å². The van der Waals surface area contributed by atoms with Gasteiger partial charge in [0.2, 0.25) is 5.91 Å². The molecule has 0 aliphatic carbocycles. The Morgan fingerprint density at radius 1 is 1.40 bits per heavy atom. The molecule has 4 aliphatic rings. The molecule has 3 fully saturated rings. The molecule has 4 atom stereocenters. The third kappa shape index (κ3) is 2.34. The number of hydrogen-bond acceptors (Lipinski definition) is 6. The highest BCUT2D eigenvalue weighted by atomic mass is 16.6. The van der Waals surface area contributed by atoms with Crippen molar-refractivity contribution in [2.45, 2.75) is 37.5 Å². The van der Waals surface area contributed by atoms with Gasteiger partial charge < -0.3 is 29.2 Å². The van der Waals surface area contributed by atoms with Crippen molar-refractivity contribution in [1.82, 2.24) is 9.80 Å². The second-order valence-corrected chi connectivity index (χ2v) is 7.10. The Balaban J connectivity index is 1.46. The summed E-state index contributed by atoms with van der Waals surface area (Å²) in [6, 6.07) is -0.0170. The fraction of sp³-hybridized carbons (Fsp3) is 0.706. The van der Waals surface area contributed by atoms with Crippen LogP contribution >= 0.6 is 0 Å². The third-order valence-electron chi connectivity index (χ3n) is 5.83. The second-order valence-electron chi connectivity index (χ2n) is 7.10. The van der Waals surface area contributed by atoms with Crippen molar-refractivity contribution in [1.29, 1.82) is 0 Å². The number of carbonyl (C=O) groups excluding carboxylic acids is 3. The van der Waals surface area contributed by atoms with Crippen LogP contribution in [0.4, 0.5) is 4.79 Å². The first-order chi connectivity index (χ1) is 12.0. The normalized spacial score (nSPS) is 36.8. The highest BCUT2D eigenvalue weighted by Crippen LogP contribution is 2.52. The van der Waals surface area contributed by atoms with E-state index in [4.69, 9.17) is 9.47 Å². The van der Waals surface area contributed by atoms with Crippen LogP contribution in [-0.2, 0) is 19.1 Å². The molecule has 8 nitrogen and oxygen atoms in total. The van der Waals surface area contributed by atoms with Gasteiger partial charge in [-0.25, -0.2) is 4.79 Å². The smallest absolute Gasteiger partial charge is 0.409 e. The summed E-state index contributed by atoms with van der Waals surface area (Å²) in [5.41, 5.74) is -0.829. The van der Waals surface area contributed by atoms with Crippen LogP contribution in [-0.4, -0.2) is 71.8 Å². The van der Waals surface area contributed by atoms with Crippen molar-refractivity contribution >= 4 is 18.0 Å². The van der Waals surface area contributed by atoms with E-state index in [1.54, 1.807) is 22.8 Å². The Morgan fingerprint density at radius 2 is 2.12 bits per heavy atom. The lowest BCUT2D eigenvalue weighted by Gasteiger charge is -2.37. The molecule has 0 aromatic heterocycles. The van der Waals surface area contributed by atoms with Gasteiger partial charge in [0.15, 0.2) is 0 Å². The topological polar surface area (TPSA) is 99.2 Å². The monoisotopic (exact) mass is 349 g/mol. The van der Waals surface area contributed by atoms with Gasteiger partial charge in [0.05, 0.1) is 25.2 Å². The molecule has 25 heavy (non-hydrogen) atoms.